The van der Waals surface area contributed by atoms with E-state index in [1.54, 1.807) is 6.92 Å². The molecule has 4 N–H and O–H groups in total. The van der Waals surface area contributed by atoms with Gasteiger partial charge in [0.25, 0.3) is 0 Å². The molecule has 1 saturated carbocycles. The first-order valence-corrected chi connectivity index (χ1v) is 7.33. The Morgan fingerprint density at radius 2 is 1.84 bits per heavy atom. The van der Waals surface area contributed by atoms with E-state index in [0.717, 1.165) is 25.7 Å². The summed E-state index contributed by atoms with van der Waals surface area (Å²) in [6, 6.07) is 0. The van der Waals surface area contributed by atoms with Crippen molar-refractivity contribution in [1.29, 1.82) is 0 Å². The Hall–Kier alpha value is -1.26. The molecule has 0 aromatic carbocycles. The molecule has 1 unspecified atom stereocenters. The second kappa shape index (κ2) is 7.36. The van der Waals surface area contributed by atoms with E-state index in [1.807, 2.05) is 6.92 Å². The Labute approximate surface area is 115 Å². The molecule has 0 heterocycles. The summed E-state index contributed by atoms with van der Waals surface area (Å²) in [5, 5.41) is 14.8. The first-order chi connectivity index (χ1) is 9.03. The van der Waals surface area contributed by atoms with E-state index in [-0.39, 0.29) is 17.7 Å². The minimum Gasteiger partial charge on any atom is -0.409 e. The molecule has 1 atom stereocenters. The van der Waals surface area contributed by atoms with Crippen LogP contribution < -0.4 is 11.1 Å². The highest BCUT2D eigenvalue weighted by Crippen LogP contribution is 2.23. The van der Waals surface area contributed by atoms with Crippen molar-refractivity contribution in [3.8, 4) is 0 Å². The third-order valence-electron chi connectivity index (χ3n) is 4.26. The van der Waals surface area contributed by atoms with Crippen LogP contribution in [-0.2, 0) is 4.79 Å². The van der Waals surface area contributed by atoms with Crippen molar-refractivity contribution < 1.29 is 10.0 Å². The van der Waals surface area contributed by atoms with Crippen molar-refractivity contribution in [1.82, 2.24) is 5.32 Å². The van der Waals surface area contributed by atoms with Crippen molar-refractivity contribution >= 4 is 11.7 Å². The second-order valence-electron chi connectivity index (χ2n) is 5.70. The highest BCUT2D eigenvalue weighted by molar-refractivity contribution is 5.93. The van der Waals surface area contributed by atoms with Gasteiger partial charge in [-0.25, -0.2) is 0 Å². The number of hydrogen-bond acceptors (Lipinski definition) is 3. The zero-order valence-electron chi connectivity index (χ0n) is 12.1. The van der Waals surface area contributed by atoms with Crippen molar-refractivity contribution in [3.05, 3.63) is 0 Å². The number of rotatable bonds is 4. The lowest BCUT2D eigenvalue weighted by Gasteiger charge is -2.30. The van der Waals surface area contributed by atoms with Gasteiger partial charge in [0.2, 0.25) is 5.91 Å². The van der Waals surface area contributed by atoms with Crippen molar-refractivity contribution in [2.45, 2.75) is 70.8 Å². The van der Waals surface area contributed by atoms with Crippen molar-refractivity contribution in [3.63, 3.8) is 0 Å². The van der Waals surface area contributed by atoms with Gasteiger partial charge in [0.05, 0.1) is 5.54 Å². The summed E-state index contributed by atoms with van der Waals surface area (Å²) < 4.78 is 0. The largest absolute Gasteiger partial charge is 0.409 e. The van der Waals surface area contributed by atoms with Gasteiger partial charge in [0, 0.05) is 5.92 Å². The quantitative estimate of drug-likeness (QED) is 0.317. The van der Waals surface area contributed by atoms with Gasteiger partial charge in [-0.15, -0.1) is 0 Å². The summed E-state index contributed by atoms with van der Waals surface area (Å²) in [5.74, 6) is 0.171. The summed E-state index contributed by atoms with van der Waals surface area (Å²) in [5.41, 5.74) is 4.93. The fourth-order valence-corrected chi connectivity index (χ4v) is 2.54. The predicted octanol–water partition coefficient (Wildman–Crippen LogP) is 2.38. The highest BCUT2D eigenvalue weighted by Gasteiger charge is 2.32. The van der Waals surface area contributed by atoms with E-state index in [1.165, 1.54) is 19.3 Å². The van der Waals surface area contributed by atoms with Crippen LogP contribution >= 0.6 is 0 Å². The Balaban J connectivity index is 2.65. The Kier molecular flexibility index (Phi) is 6.12. The molecular formula is C14H27N3O2. The van der Waals surface area contributed by atoms with Gasteiger partial charge in [-0.05, 0) is 26.2 Å². The van der Waals surface area contributed by atoms with Crippen LogP contribution in [0.25, 0.3) is 0 Å². The van der Waals surface area contributed by atoms with Crippen LogP contribution in [-0.4, -0.2) is 22.5 Å². The Bertz CT molecular complexity index is 323. The lowest BCUT2D eigenvalue weighted by Crippen LogP contribution is -2.56. The van der Waals surface area contributed by atoms with Gasteiger partial charge in [-0.3, -0.25) is 4.79 Å². The molecule has 1 aliphatic carbocycles. The number of amidine groups is 1. The predicted molar refractivity (Wildman–Crippen MR) is 76.1 cm³/mol. The lowest BCUT2D eigenvalue weighted by molar-refractivity contribution is -0.126. The minimum atomic E-state index is -0.756. The molecule has 1 fully saturated rings. The summed E-state index contributed by atoms with van der Waals surface area (Å²) >= 11 is 0. The summed E-state index contributed by atoms with van der Waals surface area (Å²) in [4.78, 5) is 12.4. The molecule has 0 aliphatic heterocycles. The first-order valence-electron chi connectivity index (χ1n) is 7.33. The van der Waals surface area contributed by atoms with Gasteiger partial charge >= 0.3 is 0 Å². The molecule has 0 spiro atoms. The average molecular weight is 269 g/mol. The molecule has 0 saturated heterocycles. The van der Waals surface area contributed by atoms with Crippen LogP contribution in [0.4, 0.5) is 0 Å². The van der Waals surface area contributed by atoms with Crippen molar-refractivity contribution in [2.75, 3.05) is 0 Å². The Morgan fingerprint density at radius 1 is 1.32 bits per heavy atom. The SMILES string of the molecule is CCC(C)(NC(=O)C1CCCCCCC1)C(N)=NO. The van der Waals surface area contributed by atoms with Gasteiger partial charge in [0.1, 0.15) is 0 Å². The number of carbonyl (C=O) groups excluding carboxylic acids is 1. The fourth-order valence-electron chi connectivity index (χ4n) is 2.54. The van der Waals surface area contributed by atoms with Gasteiger partial charge in [-0.1, -0.05) is 44.2 Å². The normalized spacial score (nSPS) is 22.1. The number of hydrogen-bond donors (Lipinski definition) is 3. The minimum absolute atomic E-state index is 0.0397. The van der Waals surface area contributed by atoms with Crippen LogP contribution in [0.2, 0.25) is 0 Å². The van der Waals surface area contributed by atoms with E-state index in [2.05, 4.69) is 10.5 Å². The number of nitrogens with zero attached hydrogens (tertiary/aromatic N) is 1. The van der Waals surface area contributed by atoms with E-state index < -0.39 is 5.54 Å². The monoisotopic (exact) mass is 269 g/mol. The zero-order valence-corrected chi connectivity index (χ0v) is 12.1. The Morgan fingerprint density at radius 3 is 2.32 bits per heavy atom. The number of carbonyl (C=O) groups is 1. The van der Waals surface area contributed by atoms with Gasteiger partial charge in [0.15, 0.2) is 5.84 Å². The van der Waals surface area contributed by atoms with E-state index in [4.69, 9.17) is 10.9 Å². The summed E-state index contributed by atoms with van der Waals surface area (Å²) in [7, 11) is 0. The molecule has 5 heteroatoms. The maximum Gasteiger partial charge on any atom is 0.223 e. The topological polar surface area (TPSA) is 87.7 Å². The maximum atomic E-state index is 12.4. The lowest BCUT2D eigenvalue weighted by atomic mass is 9.89. The molecule has 1 aliphatic rings. The standard InChI is InChI=1S/C14H27N3O2/c1-3-14(2,13(15)17-19)16-12(18)11-9-7-5-4-6-8-10-11/h11,19H,3-10H2,1-2H3,(H2,15,17)(H,16,18). The first kappa shape index (κ1) is 15.8. The van der Waals surface area contributed by atoms with Gasteiger partial charge < -0.3 is 16.3 Å². The molecule has 0 aromatic heterocycles. The van der Waals surface area contributed by atoms with Crippen LogP contribution in [0, 0.1) is 5.92 Å². The van der Waals surface area contributed by atoms with Crippen LogP contribution in [0.3, 0.4) is 0 Å². The number of amides is 1. The van der Waals surface area contributed by atoms with Gasteiger partial charge in [-0.2, -0.15) is 0 Å². The molecule has 110 valence electrons. The van der Waals surface area contributed by atoms with Crippen LogP contribution in [0.5, 0.6) is 0 Å². The molecule has 0 radical (unpaired) electrons. The smallest absolute Gasteiger partial charge is 0.223 e. The molecular weight excluding hydrogens is 242 g/mol. The van der Waals surface area contributed by atoms with Crippen LogP contribution in [0.1, 0.15) is 65.2 Å². The fraction of sp³-hybridized carbons (Fsp3) is 0.857. The van der Waals surface area contributed by atoms with Crippen LogP contribution in [0.15, 0.2) is 5.16 Å². The molecule has 19 heavy (non-hydrogen) atoms. The van der Waals surface area contributed by atoms with E-state index in [9.17, 15) is 4.79 Å². The number of oxime groups is 1. The number of nitrogens with one attached hydrogen (secondary N) is 1. The van der Waals surface area contributed by atoms with E-state index in [0.29, 0.717) is 6.42 Å². The average Bonchev–Trinajstić information content (AvgIpc) is 2.36. The van der Waals surface area contributed by atoms with Crippen molar-refractivity contribution in [2.24, 2.45) is 16.8 Å². The zero-order chi connectivity index (χ0) is 14.3. The van der Waals surface area contributed by atoms with E-state index >= 15 is 0 Å². The third-order valence-corrected chi connectivity index (χ3v) is 4.26. The molecule has 0 bridgehead atoms. The summed E-state index contributed by atoms with van der Waals surface area (Å²) in [6.45, 7) is 3.71. The number of nitrogens with two attached hydrogens (primary N) is 1. The highest BCUT2D eigenvalue weighted by atomic mass is 16.4. The maximum absolute atomic E-state index is 12.4. The second-order valence-corrected chi connectivity index (χ2v) is 5.70. The molecule has 0 aromatic rings. The summed E-state index contributed by atoms with van der Waals surface area (Å²) in [6.07, 6.45) is 8.44. The third kappa shape index (κ3) is 4.40. The molecule has 5 nitrogen and oxygen atoms in total. The molecule has 1 rings (SSSR count). The molecule has 1 amide bonds.